The molecule has 0 radical (unpaired) electrons. The van der Waals surface area contributed by atoms with Gasteiger partial charge in [-0.15, -0.1) is 0 Å². The van der Waals surface area contributed by atoms with Crippen LogP contribution >= 0.6 is 0 Å². The van der Waals surface area contributed by atoms with Gasteiger partial charge in [0, 0.05) is 32.2 Å². The molecule has 0 spiro atoms. The van der Waals surface area contributed by atoms with E-state index in [1.165, 1.54) is 19.4 Å². The summed E-state index contributed by atoms with van der Waals surface area (Å²) in [5.41, 5.74) is 5.55. The van der Waals surface area contributed by atoms with Gasteiger partial charge in [-0.05, 0) is 26.9 Å². The molecule has 0 aromatic rings. The molecule has 0 aromatic heterocycles. The number of hydrogen-bond donors (Lipinski definition) is 1. The highest BCUT2D eigenvalue weighted by Gasteiger charge is 2.27. The van der Waals surface area contributed by atoms with Gasteiger partial charge < -0.3 is 10.6 Å². The largest absolute Gasteiger partial charge is 0.329 e. The third kappa shape index (κ3) is 3.52. The van der Waals surface area contributed by atoms with Crippen LogP contribution in [-0.4, -0.2) is 56.1 Å². The maximum atomic E-state index is 5.55. The van der Waals surface area contributed by atoms with Gasteiger partial charge in [0.05, 0.1) is 0 Å². The molecule has 0 bridgehead atoms. The monoisotopic (exact) mass is 171 g/mol. The maximum Gasteiger partial charge on any atom is 0.0113 e. The minimum Gasteiger partial charge on any atom is -0.329 e. The van der Waals surface area contributed by atoms with E-state index in [9.17, 15) is 0 Å². The molecular formula is C9H21N3. The second-order valence-corrected chi connectivity index (χ2v) is 3.86. The Labute approximate surface area is 75.5 Å². The summed E-state index contributed by atoms with van der Waals surface area (Å²) in [6.45, 7) is 4.19. The van der Waals surface area contributed by atoms with E-state index in [0.717, 1.165) is 25.7 Å². The zero-order chi connectivity index (χ0) is 8.97. The number of likely N-dealkylation sites (N-methyl/N-ethyl adjacent to an activating group) is 1. The Morgan fingerprint density at radius 3 is 2.25 bits per heavy atom. The van der Waals surface area contributed by atoms with Gasteiger partial charge >= 0.3 is 0 Å². The Bertz CT molecular complexity index is 121. The number of hydrogen-bond acceptors (Lipinski definition) is 3. The summed E-state index contributed by atoms with van der Waals surface area (Å²) in [4.78, 5) is 4.74. The average molecular weight is 171 g/mol. The summed E-state index contributed by atoms with van der Waals surface area (Å²) >= 11 is 0. The van der Waals surface area contributed by atoms with Gasteiger partial charge in [-0.2, -0.15) is 0 Å². The van der Waals surface area contributed by atoms with E-state index in [4.69, 9.17) is 5.73 Å². The smallest absolute Gasteiger partial charge is 0.0113 e. The van der Waals surface area contributed by atoms with Crippen LogP contribution in [0.25, 0.3) is 0 Å². The lowest BCUT2D eigenvalue weighted by atomic mass is 10.4. The lowest BCUT2D eigenvalue weighted by molar-refractivity contribution is 0.238. The average Bonchev–Trinajstić information content (AvgIpc) is 2.79. The Morgan fingerprint density at radius 2 is 1.83 bits per heavy atom. The molecule has 2 N–H and O–H groups in total. The van der Waals surface area contributed by atoms with Crippen LogP contribution in [0.3, 0.4) is 0 Å². The van der Waals surface area contributed by atoms with Crippen molar-refractivity contribution in [3.8, 4) is 0 Å². The number of rotatable bonds is 6. The minimum absolute atomic E-state index is 0.796. The van der Waals surface area contributed by atoms with Crippen molar-refractivity contribution in [2.45, 2.75) is 18.9 Å². The fourth-order valence-corrected chi connectivity index (χ4v) is 1.41. The van der Waals surface area contributed by atoms with Crippen LogP contribution in [0.15, 0.2) is 0 Å². The first kappa shape index (κ1) is 9.96. The molecule has 0 aliphatic heterocycles. The molecular weight excluding hydrogens is 150 g/mol. The van der Waals surface area contributed by atoms with Crippen LogP contribution in [0.1, 0.15) is 12.8 Å². The molecule has 3 nitrogen and oxygen atoms in total. The highest BCUT2D eigenvalue weighted by Crippen LogP contribution is 2.25. The van der Waals surface area contributed by atoms with E-state index in [1.807, 2.05) is 0 Å². The lowest BCUT2D eigenvalue weighted by Gasteiger charge is -2.22. The lowest BCUT2D eigenvalue weighted by Crippen LogP contribution is -2.36. The van der Waals surface area contributed by atoms with Crippen molar-refractivity contribution in [1.29, 1.82) is 0 Å². The predicted octanol–water partition coefficient (Wildman–Crippen LogP) is -0.0289. The van der Waals surface area contributed by atoms with Gasteiger partial charge in [0.1, 0.15) is 0 Å². The van der Waals surface area contributed by atoms with Crippen LogP contribution < -0.4 is 5.73 Å². The zero-order valence-corrected chi connectivity index (χ0v) is 8.29. The van der Waals surface area contributed by atoms with Crippen molar-refractivity contribution in [1.82, 2.24) is 9.80 Å². The molecule has 0 saturated heterocycles. The summed E-state index contributed by atoms with van der Waals surface area (Å²) in [7, 11) is 4.24. The quantitative estimate of drug-likeness (QED) is 0.609. The van der Waals surface area contributed by atoms with E-state index in [-0.39, 0.29) is 0 Å². The topological polar surface area (TPSA) is 32.5 Å². The van der Waals surface area contributed by atoms with Gasteiger partial charge in [0.2, 0.25) is 0 Å². The van der Waals surface area contributed by atoms with Crippen molar-refractivity contribution in [2.75, 3.05) is 40.3 Å². The SMILES string of the molecule is CN(C)CCN(CCN)C1CC1. The molecule has 1 rings (SSSR count). The van der Waals surface area contributed by atoms with Crippen LogP contribution in [0.5, 0.6) is 0 Å². The Balaban J connectivity index is 2.13. The fraction of sp³-hybridized carbons (Fsp3) is 1.00. The summed E-state index contributed by atoms with van der Waals surface area (Å²) < 4.78 is 0. The first-order chi connectivity index (χ1) is 5.74. The van der Waals surface area contributed by atoms with Crippen molar-refractivity contribution in [3.63, 3.8) is 0 Å². The molecule has 0 aromatic carbocycles. The summed E-state index contributed by atoms with van der Waals surface area (Å²) in [5.74, 6) is 0. The third-order valence-electron chi connectivity index (χ3n) is 2.31. The summed E-state index contributed by atoms with van der Waals surface area (Å²) in [6, 6.07) is 0.855. The predicted molar refractivity (Wildman–Crippen MR) is 52.2 cm³/mol. The highest BCUT2D eigenvalue weighted by molar-refractivity contribution is 4.84. The van der Waals surface area contributed by atoms with Crippen molar-refractivity contribution < 1.29 is 0 Å². The molecule has 12 heavy (non-hydrogen) atoms. The van der Waals surface area contributed by atoms with Crippen LogP contribution in [-0.2, 0) is 0 Å². The Morgan fingerprint density at radius 1 is 1.17 bits per heavy atom. The Hall–Kier alpha value is -0.120. The molecule has 1 fully saturated rings. The zero-order valence-electron chi connectivity index (χ0n) is 8.29. The molecule has 0 atom stereocenters. The first-order valence-corrected chi connectivity index (χ1v) is 4.83. The minimum atomic E-state index is 0.796. The van der Waals surface area contributed by atoms with Gasteiger partial charge in [0.25, 0.3) is 0 Å². The molecule has 0 unspecified atom stereocenters. The molecule has 1 aliphatic rings. The van der Waals surface area contributed by atoms with Crippen LogP contribution in [0.2, 0.25) is 0 Å². The standard InChI is InChI=1S/C9H21N3/c1-11(2)7-8-12(6-5-10)9-3-4-9/h9H,3-8,10H2,1-2H3. The van der Waals surface area contributed by atoms with E-state index < -0.39 is 0 Å². The summed E-state index contributed by atoms with van der Waals surface area (Å²) in [5, 5.41) is 0. The number of nitrogens with zero attached hydrogens (tertiary/aromatic N) is 2. The van der Waals surface area contributed by atoms with Crippen molar-refractivity contribution >= 4 is 0 Å². The molecule has 0 heterocycles. The molecule has 72 valence electrons. The van der Waals surface area contributed by atoms with Crippen LogP contribution in [0, 0.1) is 0 Å². The van der Waals surface area contributed by atoms with Gasteiger partial charge in [0.15, 0.2) is 0 Å². The second kappa shape index (κ2) is 4.80. The van der Waals surface area contributed by atoms with E-state index >= 15 is 0 Å². The fourth-order valence-electron chi connectivity index (χ4n) is 1.41. The van der Waals surface area contributed by atoms with Gasteiger partial charge in [-0.1, -0.05) is 0 Å². The normalized spacial score (nSPS) is 17.8. The third-order valence-corrected chi connectivity index (χ3v) is 2.31. The van der Waals surface area contributed by atoms with Gasteiger partial charge in [-0.3, -0.25) is 4.90 Å². The first-order valence-electron chi connectivity index (χ1n) is 4.83. The van der Waals surface area contributed by atoms with E-state index in [2.05, 4.69) is 23.9 Å². The van der Waals surface area contributed by atoms with Crippen LogP contribution in [0.4, 0.5) is 0 Å². The van der Waals surface area contributed by atoms with Crippen molar-refractivity contribution in [2.24, 2.45) is 5.73 Å². The molecule has 3 heteroatoms. The highest BCUT2D eigenvalue weighted by atomic mass is 15.2. The second-order valence-electron chi connectivity index (χ2n) is 3.86. The van der Waals surface area contributed by atoms with E-state index in [0.29, 0.717) is 0 Å². The van der Waals surface area contributed by atoms with E-state index in [1.54, 1.807) is 0 Å². The summed E-state index contributed by atoms with van der Waals surface area (Å²) in [6.07, 6.45) is 2.76. The number of nitrogens with two attached hydrogens (primary N) is 1. The van der Waals surface area contributed by atoms with Gasteiger partial charge in [-0.25, -0.2) is 0 Å². The molecule has 0 amide bonds. The molecule has 1 aliphatic carbocycles. The maximum absolute atomic E-state index is 5.55. The molecule has 1 saturated carbocycles. The van der Waals surface area contributed by atoms with Crippen molar-refractivity contribution in [3.05, 3.63) is 0 Å². The Kier molecular flexibility index (Phi) is 3.98.